The number of nitrogens with two attached hydrogens (primary N) is 6. The quantitative estimate of drug-likeness (QED) is 0.0619. The number of hydrogen-bond acceptors (Lipinski definition) is 26. The molecule has 5 aromatic carbocycles. The molecule has 6 aromatic heterocycles. The highest BCUT2D eigenvalue weighted by molar-refractivity contribution is 9.11. The molecular weight excluding hydrogens is 2050 g/mol. The fourth-order valence-electron chi connectivity index (χ4n) is 17.0. The van der Waals surface area contributed by atoms with E-state index in [2.05, 4.69) is 127 Å². The number of carbonyl (C=O) groups excluding carboxylic acids is 6. The minimum absolute atomic E-state index is 0.0282. The summed E-state index contributed by atoms with van der Waals surface area (Å²) >= 11 is 15.0. The molecule has 10 atom stereocenters. The molecule has 0 saturated heterocycles. The minimum Gasteiger partial charge on any atom is -0.466 e. The van der Waals surface area contributed by atoms with Crippen LogP contribution in [0.5, 0.6) is 0 Å². The number of guanidine groups is 6. The fraction of sp³-hybridized carbons (Fsp3) is 0.287. The number of hydrogen-bond donors (Lipinski definition) is 6. The number of nitrogens with zero attached hydrogens (tertiary/aromatic N) is 18. The predicted molar refractivity (Wildman–Crippen MR) is 545 cm³/mol. The Hall–Kier alpha value is -13.9. The van der Waals surface area contributed by atoms with Crippen LogP contribution in [0.25, 0.3) is 43.8 Å². The first kappa shape index (κ1) is 102. The lowest BCUT2D eigenvalue weighted by Gasteiger charge is -2.41. The number of amides is 6. The molecule has 0 spiro atoms. The summed E-state index contributed by atoms with van der Waals surface area (Å²) in [6.07, 6.45) is 15.6. The number of aromatic nitrogens is 4. The third-order valence-corrected chi connectivity index (χ3v) is 29.6. The van der Waals surface area contributed by atoms with Crippen molar-refractivity contribution in [3.05, 3.63) is 292 Å². The maximum Gasteiger partial charge on any atom is 0.261 e. The van der Waals surface area contributed by atoms with Crippen LogP contribution in [0, 0.1) is 65.0 Å². The Morgan fingerprint density at radius 3 is 1.44 bits per heavy atom. The number of benzene rings is 5. The van der Waals surface area contributed by atoms with Crippen molar-refractivity contribution >= 4 is 146 Å². The van der Waals surface area contributed by atoms with Gasteiger partial charge >= 0.3 is 0 Å². The van der Waals surface area contributed by atoms with Gasteiger partial charge in [-0.05, 0) is 245 Å². The van der Waals surface area contributed by atoms with Crippen molar-refractivity contribution in [3.63, 3.8) is 0 Å². The van der Waals surface area contributed by atoms with Gasteiger partial charge in [-0.1, -0.05) is 96.5 Å². The zero-order valence-electron chi connectivity index (χ0n) is 78.7. The molecule has 12 heterocycles. The molecule has 31 nitrogen and oxygen atoms in total. The van der Waals surface area contributed by atoms with Crippen LogP contribution in [-0.4, -0.2) is 163 Å². The van der Waals surface area contributed by atoms with Crippen molar-refractivity contribution in [1.82, 2.24) is 49.3 Å². The summed E-state index contributed by atoms with van der Waals surface area (Å²) in [5, 5.41) is 18.2. The summed E-state index contributed by atoms with van der Waals surface area (Å²) in [6.45, 7) is 16.7. The predicted octanol–water partition coefficient (Wildman–Crippen LogP) is 15.9. The highest BCUT2D eigenvalue weighted by Crippen LogP contribution is 2.53. The zero-order valence-corrected chi connectivity index (χ0v) is 85.8. The van der Waals surface area contributed by atoms with E-state index < -0.39 is 45.1 Å². The van der Waals surface area contributed by atoms with Crippen LogP contribution in [0.3, 0.4) is 0 Å². The van der Waals surface area contributed by atoms with E-state index in [0.717, 1.165) is 97.2 Å². The lowest BCUT2D eigenvalue weighted by atomic mass is 9.74. The third-order valence-electron chi connectivity index (χ3n) is 26.2. The van der Waals surface area contributed by atoms with Gasteiger partial charge in [0.1, 0.15) is 34.3 Å². The van der Waals surface area contributed by atoms with Crippen LogP contribution in [0.2, 0.25) is 0 Å². The van der Waals surface area contributed by atoms with Crippen molar-refractivity contribution in [2.45, 2.75) is 121 Å². The van der Waals surface area contributed by atoms with Gasteiger partial charge in [0.2, 0.25) is 35.5 Å². The molecule has 18 rings (SSSR count). The first-order chi connectivity index (χ1) is 65.6. The molecule has 1 saturated carbocycles. The summed E-state index contributed by atoms with van der Waals surface area (Å²) in [6, 6.07) is 52.7. The van der Waals surface area contributed by atoms with Crippen LogP contribution in [0.15, 0.2) is 260 Å². The van der Waals surface area contributed by atoms with Crippen LogP contribution >= 0.6 is 75.1 Å². The molecule has 38 heteroatoms. The Balaban J connectivity index is 0.000000141. The molecule has 6 amide bonds. The van der Waals surface area contributed by atoms with Gasteiger partial charge in [-0.25, -0.2) is 39.3 Å². The molecule has 1 aliphatic carbocycles. The molecule has 1 fully saturated rings. The Morgan fingerprint density at radius 1 is 0.446 bits per heavy atom. The highest BCUT2D eigenvalue weighted by atomic mass is 79.9. The number of nitriles is 2. The molecule has 0 bridgehead atoms. The van der Waals surface area contributed by atoms with E-state index in [4.69, 9.17) is 49.1 Å². The number of aryl methyl sites for hydroxylation is 1. The molecule has 716 valence electrons. The van der Waals surface area contributed by atoms with Crippen molar-refractivity contribution < 1.29 is 42.0 Å². The molecule has 0 radical (unpaired) electrons. The van der Waals surface area contributed by atoms with Gasteiger partial charge in [0, 0.05) is 142 Å². The van der Waals surface area contributed by atoms with E-state index >= 15 is 0 Å². The first-order valence-corrected chi connectivity index (χ1v) is 47.7. The van der Waals surface area contributed by atoms with Gasteiger partial charge in [0.25, 0.3) is 5.91 Å². The second-order valence-corrected chi connectivity index (χ2v) is 40.3. The third kappa shape index (κ3) is 21.1. The molecule has 12 N–H and O–H groups in total. The van der Waals surface area contributed by atoms with Crippen molar-refractivity contribution in [2.24, 2.45) is 88.0 Å². The van der Waals surface area contributed by atoms with E-state index in [1.54, 1.807) is 142 Å². The largest absolute Gasteiger partial charge is 0.466 e. The second-order valence-electron chi connectivity index (χ2n) is 35.6. The van der Waals surface area contributed by atoms with Gasteiger partial charge in [-0.3, -0.25) is 73.1 Å². The molecule has 2 unspecified atom stereocenters. The number of thiophene rings is 1. The van der Waals surface area contributed by atoms with Gasteiger partial charge < -0.3 is 38.8 Å². The standard InChI is InChI=1S/C19H17BrN4O.C19H21FN4OS.2C18H19BrN4O.C16H15N5O2.C11H11BrFN3O/c1-19(14-5-3-4-12(10-14)11-21)16(13-6-8-15(20)9-7-13)17(25)24(2)18(22)23-19;1-10-8-12(9-22-16(10)20)13-6-7-14(26-13)19(2)15(11-4-5-11)17(25)24(3)18(21)23-19;2*1-11-16(24)23(3)17(20)22-18(11,2)14-6-4-5-12(7-14)13-8-15(19)10-21-9-13;1-16(5-14(22)21(2)15(18)20-16)13-4-12(9-23-13)11-3-10(6-17)7-19-8-11;1-11(9(17)16(2)10(14)15-11)6-3-4-8(13)7(12)5-6/h3-10,16H,1-2H3,(H2,22,23);6-9,11,15H,4-5H2,1-3H3,(H2,21,23);2*4-11H,1-3H3,(H2,20,22);3-4,7-9H,5H2,1-2H3,(H2,18,20);3-5H,1-2H3,(H2,14,15)/t16?,19-;15-,19-;11-,18+;11-,18-;16-;/m11100./s1. The molecule has 7 aliphatic rings. The van der Waals surface area contributed by atoms with Crippen LogP contribution < -0.4 is 34.4 Å². The van der Waals surface area contributed by atoms with E-state index in [-0.39, 0.29) is 101 Å². The van der Waals surface area contributed by atoms with Gasteiger partial charge in [-0.15, -0.1) is 11.3 Å². The Labute approximate surface area is 841 Å². The SMILES string of the molecule is CN1C(=O)C(C)(c2ccc(F)c(Br)c2)N=C1N.CN1C(=O)C(c2ccc(Br)cc2)[C@@](C)(c2cccc(C#N)c2)N=C1N.CN1C(=O)C[C@@](C)(c2cc(-c3cncc(C#N)c3)co2)N=C1N.C[C@@H]1C(=O)N(C)C(N)=N[C@]1(C)c1cccc(-c2cncc(Br)c2)c1.C[C@H]1C(=O)N(C)C(N)=N[C@]1(C)c1cccc(-c2cncc(Br)c2)c1.Cc1cc(-c2ccc([C@@]3(C)N=C(N)N(C)C(=O)[C@H]3C3CC3)s2)cnc1F. The topological polar surface area (TPSA) is 464 Å². The lowest BCUT2D eigenvalue weighted by Crippen LogP contribution is -2.54. The number of furan rings is 1. The molecular formula is C101H102Br4F2N24O7S. The number of halogens is 6. The number of aliphatic imine (C=N–C) groups is 6. The summed E-state index contributed by atoms with van der Waals surface area (Å²) in [7, 11) is 9.77. The van der Waals surface area contributed by atoms with E-state index in [1.807, 2.05) is 151 Å². The monoisotopic (exact) mass is 2150 g/mol. The van der Waals surface area contributed by atoms with E-state index in [0.29, 0.717) is 38.4 Å². The normalized spacial score (nSPS) is 23.8. The zero-order chi connectivity index (χ0) is 101. The molecule has 11 aromatic rings. The Morgan fingerprint density at radius 2 is 0.935 bits per heavy atom. The van der Waals surface area contributed by atoms with Gasteiger partial charge in [-0.2, -0.15) is 14.9 Å². The van der Waals surface area contributed by atoms with Crippen LogP contribution in [0.1, 0.15) is 136 Å². The maximum atomic E-state index is 13.5. The summed E-state index contributed by atoms with van der Waals surface area (Å²) in [5.74, 6) is -0.522. The summed E-state index contributed by atoms with van der Waals surface area (Å²) in [4.78, 5) is 129. The van der Waals surface area contributed by atoms with Crippen LogP contribution in [0.4, 0.5) is 8.78 Å². The van der Waals surface area contributed by atoms with E-state index in [1.165, 1.54) is 53.9 Å². The summed E-state index contributed by atoms with van der Waals surface area (Å²) in [5.41, 5.74) is 42.6. The molecule has 6 aliphatic heterocycles. The first-order valence-electron chi connectivity index (χ1n) is 43.7. The smallest absolute Gasteiger partial charge is 0.261 e. The Kier molecular flexibility index (Phi) is 30.2. The maximum absolute atomic E-state index is 13.5. The number of carbonyl (C=O) groups is 6. The number of pyridine rings is 4. The van der Waals surface area contributed by atoms with Crippen LogP contribution in [-0.2, 0) is 62.0 Å². The highest BCUT2D eigenvalue weighted by Gasteiger charge is 2.55. The molecule has 139 heavy (non-hydrogen) atoms. The average Bonchev–Trinajstić information content (AvgIpc) is 1.71. The van der Waals surface area contributed by atoms with Gasteiger partial charge in [0.05, 0.1) is 69.1 Å². The van der Waals surface area contributed by atoms with Crippen molar-refractivity contribution in [1.29, 1.82) is 10.5 Å². The summed E-state index contributed by atoms with van der Waals surface area (Å²) < 4.78 is 35.3. The number of likely N-dealkylation sites (N-methyl/N-ethyl adjacent to an activating group) is 2. The average molecular weight is 2150 g/mol. The Bertz CT molecular complexity index is 6840. The van der Waals surface area contributed by atoms with Crippen molar-refractivity contribution in [2.75, 3.05) is 42.3 Å². The second kappa shape index (κ2) is 41.0. The fourth-order valence-corrected chi connectivity index (χ4v) is 19.5. The number of rotatable bonds is 12. The van der Waals surface area contributed by atoms with Crippen molar-refractivity contribution in [3.8, 4) is 56.0 Å². The van der Waals surface area contributed by atoms with E-state index in [9.17, 15) is 42.8 Å². The minimum atomic E-state index is -1.07. The van der Waals surface area contributed by atoms with Gasteiger partial charge in [0.15, 0.2) is 41.3 Å². The lowest BCUT2D eigenvalue weighted by molar-refractivity contribution is -0.135.